The monoisotopic (exact) mass is 332 g/mol. The third kappa shape index (κ3) is 2.82. The Morgan fingerprint density at radius 2 is 1.76 bits per heavy atom. The van der Waals surface area contributed by atoms with Gasteiger partial charge in [0.1, 0.15) is 12.2 Å². The zero-order valence-corrected chi connectivity index (χ0v) is 13.9. The molecule has 0 aliphatic heterocycles. The molecule has 0 N–H and O–H groups in total. The summed E-state index contributed by atoms with van der Waals surface area (Å²) in [7, 11) is 0. The average Bonchev–Trinajstić information content (AvgIpc) is 3.08. The standard InChI is InChI=1S/C19H16N4O2/c1-12-7-9-14(10-8-12)18-22-21-17(25-18)11-23-16-6-4-3-5-15(16)20-13(2)19(23)24/h3-10H,11H2,1-2H3. The highest BCUT2D eigenvalue weighted by atomic mass is 16.4. The number of hydrogen-bond donors (Lipinski definition) is 0. The maximum absolute atomic E-state index is 12.5. The topological polar surface area (TPSA) is 73.8 Å². The number of rotatable bonds is 3. The molecule has 4 aromatic rings. The van der Waals surface area contributed by atoms with Gasteiger partial charge in [0, 0.05) is 5.56 Å². The van der Waals surface area contributed by atoms with Crippen LogP contribution in [0.1, 0.15) is 17.1 Å². The highest BCUT2D eigenvalue weighted by Crippen LogP contribution is 2.19. The number of benzene rings is 2. The van der Waals surface area contributed by atoms with Gasteiger partial charge in [-0.05, 0) is 38.1 Å². The molecule has 2 aromatic carbocycles. The number of aromatic nitrogens is 4. The molecule has 2 aromatic heterocycles. The normalized spacial score (nSPS) is 11.1. The van der Waals surface area contributed by atoms with Crippen LogP contribution in [0.25, 0.3) is 22.5 Å². The van der Waals surface area contributed by atoms with Gasteiger partial charge in [0.05, 0.1) is 11.0 Å². The lowest BCUT2D eigenvalue weighted by molar-refractivity contribution is 0.487. The molecule has 25 heavy (non-hydrogen) atoms. The molecule has 124 valence electrons. The molecular weight excluding hydrogens is 316 g/mol. The van der Waals surface area contributed by atoms with Crippen molar-refractivity contribution in [1.82, 2.24) is 19.7 Å². The Bertz CT molecular complexity index is 1110. The third-order valence-corrected chi connectivity index (χ3v) is 4.07. The molecule has 0 radical (unpaired) electrons. The van der Waals surface area contributed by atoms with Crippen molar-refractivity contribution in [2.75, 3.05) is 0 Å². The van der Waals surface area contributed by atoms with Crippen LogP contribution in [0, 0.1) is 13.8 Å². The van der Waals surface area contributed by atoms with Crippen molar-refractivity contribution in [3.8, 4) is 11.5 Å². The van der Waals surface area contributed by atoms with Crippen LogP contribution in [0.15, 0.2) is 57.7 Å². The van der Waals surface area contributed by atoms with Gasteiger partial charge in [-0.15, -0.1) is 10.2 Å². The number of nitrogens with zero attached hydrogens (tertiary/aromatic N) is 4. The van der Waals surface area contributed by atoms with Crippen LogP contribution in [0.5, 0.6) is 0 Å². The molecule has 0 bridgehead atoms. The Balaban J connectivity index is 1.74. The molecule has 0 aliphatic rings. The number of fused-ring (bicyclic) bond motifs is 1. The lowest BCUT2D eigenvalue weighted by Gasteiger charge is -2.08. The fourth-order valence-corrected chi connectivity index (χ4v) is 2.74. The first-order chi connectivity index (χ1) is 12.1. The zero-order valence-electron chi connectivity index (χ0n) is 13.9. The van der Waals surface area contributed by atoms with E-state index in [1.54, 1.807) is 11.5 Å². The maximum Gasteiger partial charge on any atom is 0.272 e. The van der Waals surface area contributed by atoms with Gasteiger partial charge < -0.3 is 4.42 Å². The molecule has 0 spiro atoms. The lowest BCUT2D eigenvalue weighted by atomic mass is 10.1. The van der Waals surface area contributed by atoms with E-state index in [0.717, 1.165) is 22.2 Å². The van der Waals surface area contributed by atoms with Crippen molar-refractivity contribution >= 4 is 11.0 Å². The van der Waals surface area contributed by atoms with E-state index >= 15 is 0 Å². The Hall–Kier alpha value is -3.28. The van der Waals surface area contributed by atoms with Gasteiger partial charge in [-0.2, -0.15) is 0 Å². The molecule has 6 heteroatoms. The largest absolute Gasteiger partial charge is 0.419 e. The first kappa shape index (κ1) is 15.3. The molecule has 0 saturated heterocycles. The Labute approximate surface area is 143 Å². The zero-order chi connectivity index (χ0) is 17.4. The van der Waals surface area contributed by atoms with Gasteiger partial charge in [-0.25, -0.2) is 4.98 Å². The Morgan fingerprint density at radius 1 is 1.00 bits per heavy atom. The minimum Gasteiger partial charge on any atom is -0.419 e. The molecule has 2 heterocycles. The lowest BCUT2D eigenvalue weighted by Crippen LogP contribution is -2.24. The summed E-state index contributed by atoms with van der Waals surface area (Å²) >= 11 is 0. The van der Waals surface area contributed by atoms with E-state index in [2.05, 4.69) is 15.2 Å². The number of aryl methyl sites for hydroxylation is 2. The van der Waals surface area contributed by atoms with Gasteiger partial charge >= 0.3 is 0 Å². The molecule has 6 nitrogen and oxygen atoms in total. The van der Waals surface area contributed by atoms with Crippen molar-refractivity contribution < 1.29 is 4.42 Å². The molecule has 0 saturated carbocycles. The van der Waals surface area contributed by atoms with Crippen LogP contribution in [0.4, 0.5) is 0 Å². The van der Waals surface area contributed by atoms with Gasteiger partial charge in [0.2, 0.25) is 11.8 Å². The van der Waals surface area contributed by atoms with Crippen LogP contribution in [0.3, 0.4) is 0 Å². The highest BCUT2D eigenvalue weighted by Gasteiger charge is 2.13. The van der Waals surface area contributed by atoms with E-state index in [9.17, 15) is 4.79 Å². The summed E-state index contributed by atoms with van der Waals surface area (Å²) < 4.78 is 7.37. The first-order valence-corrected chi connectivity index (χ1v) is 7.97. The van der Waals surface area contributed by atoms with Gasteiger partial charge in [0.15, 0.2) is 0 Å². The summed E-state index contributed by atoms with van der Waals surface area (Å²) in [4.78, 5) is 16.9. The second-order valence-corrected chi connectivity index (χ2v) is 5.94. The molecule has 0 fully saturated rings. The first-order valence-electron chi connectivity index (χ1n) is 7.97. The van der Waals surface area contributed by atoms with Crippen LogP contribution in [-0.2, 0) is 6.54 Å². The van der Waals surface area contributed by atoms with Gasteiger partial charge in [-0.1, -0.05) is 29.8 Å². The number of para-hydroxylation sites is 2. The van der Waals surface area contributed by atoms with Crippen molar-refractivity contribution in [3.05, 3.63) is 76.0 Å². The minimum absolute atomic E-state index is 0.159. The molecule has 0 atom stereocenters. The second-order valence-electron chi connectivity index (χ2n) is 5.94. The van der Waals surface area contributed by atoms with Crippen LogP contribution < -0.4 is 5.56 Å². The highest BCUT2D eigenvalue weighted by molar-refractivity contribution is 5.74. The molecular formula is C19H16N4O2. The predicted molar refractivity (Wildman–Crippen MR) is 94.3 cm³/mol. The average molecular weight is 332 g/mol. The molecule has 4 rings (SSSR count). The van der Waals surface area contributed by atoms with Gasteiger partial charge in [-0.3, -0.25) is 9.36 Å². The van der Waals surface area contributed by atoms with Crippen molar-refractivity contribution in [2.24, 2.45) is 0 Å². The van der Waals surface area contributed by atoms with Gasteiger partial charge in [0.25, 0.3) is 5.56 Å². The fourth-order valence-electron chi connectivity index (χ4n) is 2.74. The molecule has 0 unspecified atom stereocenters. The maximum atomic E-state index is 12.5. The summed E-state index contributed by atoms with van der Waals surface area (Å²) in [6.45, 7) is 3.94. The summed E-state index contributed by atoms with van der Waals surface area (Å²) in [5, 5.41) is 8.19. The quantitative estimate of drug-likeness (QED) is 0.576. The van der Waals surface area contributed by atoms with Crippen LogP contribution in [-0.4, -0.2) is 19.7 Å². The molecule has 0 aliphatic carbocycles. The smallest absolute Gasteiger partial charge is 0.272 e. The van der Waals surface area contributed by atoms with Crippen molar-refractivity contribution in [1.29, 1.82) is 0 Å². The number of hydrogen-bond acceptors (Lipinski definition) is 5. The summed E-state index contributed by atoms with van der Waals surface area (Å²) in [6, 6.07) is 15.4. The second kappa shape index (κ2) is 5.98. The van der Waals surface area contributed by atoms with E-state index in [1.807, 2.05) is 55.5 Å². The Kier molecular flexibility index (Phi) is 3.65. The van der Waals surface area contributed by atoms with Crippen molar-refractivity contribution in [2.45, 2.75) is 20.4 Å². The SMILES string of the molecule is Cc1ccc(-c2nnc(Cn3c(=O)c(C)nc4ccccc43)o2)cc1. The predicted octanol–water partition coefficient (Wildman–Crippen LogP) is 3.11. The summed E-state index contributed by atoms with van der Waals surface area (Å²) in [5.41, 5.74) is 3.80. The van der Waals surface area contributed by atoms with Crippen LogP contribution in [0.2, 0.25) is 0 Å². The third-order valence-electron chi connectivity index (χ3n) is 4.07. The Morgan fingerprint density at radius 3 is 2.56 bits per heavy atom. The molecule has 0 amide bonds. The minimum atomic E-state index is -0.159. The van der Waals surface area contributed by atoms with Crippen LogP contribution >= 0.6 is 0 Å². The summed E-state index contributed by atoms with van der Waals surface area (Å²) in [5.74, 6) is 0.826. The fraction of sp³-hybridized carbons (Fsp3) is 0.158. The van der Waals surface area contributed by atoms with E-state index in [4.69, 9.17) is 4.42 Å². The van der Waals surface area contributed by atoms with E-state index in [-0.39, 0.29) is 12.1 Å². The van der Waals surface area contributed by atoms with E-state index < -0.39 is 0 Å². The van der Waals surface area contributed by atoms with E-state index in [0.29, 0.717) is 17.5 Å². The van der Waals surface area contributed by atoms with Crippen molar-refractivity contribution in [3.63, 3.8) is 0 Å². The van der Waals surface area contributed by atoms with E-state index in [1.165, 1.54) is 0 Å². The summed E-state index contributed by atoms with van der Waals surface area (Å²) in [6.07, 6.45) is 0.